The molecule has 1 aliphatic heterocycles. The number of sulfone groups is 1. The van der Waals surface area contributed by atoms with Crippen LogP contribution in [0.15, 0.2) is 18.2 Å². The number of nitrogens with zero attached hydrogens (tertiary/aromatic N) is 1. The second-order valence-corrected chi connectivity index (χ2v) is 10.5. The number of hydrogen-bond donors (Lipinski definition) is 1. The molecular weight excluding hydrogens is 360 g/mol. The van der Waals surface area contributed by atoms with Crippen molar-refractivity contribution < 1.29 is 13.2 Å². The van der Waals surface area contributed by atoms with Crippen molar-refractivity contribution in [1.29, 1.82) is 0 Å². The Morgan fingerprint density at radius 3 is 2.48 bits per heavy atom. The summed E-state index contributed by atoms with van der Waals surface area (Å²) in [5.41, 5.74) is 4.84. The zero-order valence-corrected chi connectivity index (χ0v) is 16.7. The van der Waals surface area contributed by atoms with Crippen LogP contribution in [-0.4, -0.2) is 37.4 Å². The zero-order valence-electron chi connectivity index (χ0n) is 15.9. The maximum Gasteiger partial charge on any atom is 0.252 e. The topological polar surface area (TPSA) is 76.1 Å². The van der Waals surface area contributed by atoms with Gasteiger partial charge >= 0.3 is 0 Å². The highest BCUT2D eigenvalue weighted by Gasteiger charge is 2.28. The molecule has 1 aromatic carbocycles. The Morgan fingerprint density at radius 1 is 1.11 bits per heavy atom. The van der Waals surface area contributed by atoms with E-state index >= 15 is 0 Å². The molecule has 2 fully saturated rings. The second-order valence-electron chi connectivity index (χ2n) is 8.15. The van der Waals surface area contributed by atoms with E-state index < -0.39 is 9.84 Å². The Morgan fingerprint density at radius 2 is 1.81 bits per heavy atom. The van der Waals surface area contributed by atoms with Crippen molar-refractivity contribution in [3.05, 3.63) is 40.6 Å². The molecule has 2 aliphatic rings. The second kappa shape index (κ2) is 6.89. The summed E-state index contributed by atoms with van der Waals surface area (Å²) in [7, 11) is -2.87. The fourth-order valence-electron chi connectivity index (χ4n) is 3.95. The van der Waals surface area contributed by atoms with E-state index in [0.29, 0.717) is 30.9 Å². The third kappa shape index (κ3) is 4.00. The first-order valence-corrected chi connectivity index (χ1v) is 11.5. The first kappa shape index (κ1) is 18.4. The highest BCUT2D eigenvalue weighted by molar-refractivity contribution is 7.91. The van der Waals surface area contributed by atoms with Crippen molar-refractivity contribution in [3.63, 3.8) is 0 Å². The molecule has 0 spiro atoms. The molecule has 4 rings (SSSR count). The molecule has 0 bridgehead atoms. The van der Waals surface area contributed by atoms with E-state index in [1.165, 1.54) is 0 Å². The van der Waals surface area contributed by atoms with E-state index in [4.69, 9.17) is 4.98 Å². The standard InChI is InChI=1S/C21H26N2O3S/c1-13-9-14(2)20-17(10-13)18(11-19(23-20)16-3-4-16)21(24)22-12-15-5-7-27(25,26)8-6-15/h9-11,15-16H,3-8,12H2,1-2H3,(H,22,24). The van der Waals surface area contributed by atoms with Crippen LogP contribution >= 0.6 is 0 Å². The number of fused-ring (bicyclic) bond motifs is 1. The molecule has 1 amide bonds. The largest absolute Gasteiger partial charge is 0.352 e. The summed E-state index contributed by atoms with van der Waals surface area (Å²) < 4.78 is 23.2. The third-order valence-electron chi connectivity index (χ3n) is 5.73. The summed E-state index contributed by atoms with van der Waals surface area (Å²) in [4.78, 5) is 17.8. The fourth-order valence-corrected chi connectivity index (χ4v) is 5.54. The van der Waals surface area contributed by atoms with Crippen LogP contribution in [0.3, 0.4) is 0 Å². The van der Waals surface area contributed by atoms with E-state index in [1.807, 2.05) is 26.0 Å². The van der Waals surface area contributed by atoms with E-state index in [9.17, 15) is 13.2 Å². The highest BCUT2D eigenvalue weighted by atomic mass is 32.2. The number of aryl methyl sites for hydroxylation is 2. The van der Waals surface area contributed by atoms with Gasteiger partial charge in [0.15, 0.2) is 0 Å². The lowest BCUT2D eigenvalue weighted by atomic mass is 9.99. The number of carbonyl (C=O) groups is 1. The molecule has 6 heteroatoms. The SMILES string of the molecule is Cc1cc(C)c2nc(C3CC3)cc(C(=O)NCC3CCS(=O)(=O)CC3)c2c1. The molecular formula is C21H26N2O3S. The lowest BCUT2D eigenvalue weighted by molar-refractivity contribution is 0.0948. The van der Waals surface area contributed by atoms with Crippen molar-refractivity contribution in [2.24, 2.45) is 5.92 Å². The number of benzene rings is 1. The van der Waals surface area contributed by atoms with Crippen LogP contribution in [-0.2, 0) is 9.84 Å². The molecule has 1 aromatic heterocycles. The monoisotopic (exact) mass is 386 g/mol. The molecule has 0 unspecified atom stereocenters. The van der Waals surface area contributed by atoms with Gasteiger partial charge in [-0.3, -0.25) is 9.78 Å². The Bertz CT molecular complexity index is 996. The van der Waals surface area contributed by atoms with Crippen LogP contribution in [0.1, 0.15) is 58.8 Å². The van der Waals surface area contributed by atoms with Crippen LogP contribution in [0.5, 0.6) is 0 Å². The Hall–Kier alpha value is -1.95. The van der Waals surface area contributed by atoms with Crippen molar-refractivity contribution >= 4 is 26.6 Å². The van der Waals surface area contributed by atoms with Gasteiger partial charge in [-0.05, 0) is 63.1 Å². The average molecular weight is 387 g/mol. The maximum absolute atomic E-state index is 13.0. The number of amides is 1. The molecule has 1 saturated heterocycles. The van der Waals surface area contributed by atoms with Crippen molar-refractivity contribution in [1.82, 2.24) is 10.3 Å². The first-order chi connectivity index (χ1) is 12.8. The van der Waals surface area contributed by atoms with Crippen LogP contribution in [0.2, 0.25) is 0 Å². The number of pyridine rings is 1. The first-order valence-electron chi connectivity index (χ1n) is 9.73. The summed E-state index contributed by atoms with van der Waals surface area (Å²) >= 11 is 0. The van der Waals surface area contributed by atoms with Crippen LogP contribution in [0.25, 0.3) is 10.9 Å². The van der Waals surface area contributed by atoms with Crippen LogP contribution in [0.4, 0.5) is 0 Å². The summed E-state index contributed by atoms with van der Waals surface area (Å²) in [6, 6.07) is 6.10. The lowest BCUT2D eigenvalue weighted by Gasteiger charge is -2.22. The summed E-state index contributed by atoms with van der Waals surface area (Å²) in [6.07, 6.45) is 3.54. The van der Waals surface area contributed by atoms with Crippen molar-refractivity contribution in [2.75, 3.05) is 18.1 Å². The smallest absolute Gasteiger partial charge is 0.252 e. The van der Waals surface area contributed by atoms with E-state index in [-0.39, 0.29) is 23.3 Å². The van der Waals surface area contributed by atoms with E-state index in [1.54, 1.807) is 0 Å². The Labute approximate surface area is 160 Å². The van der Waals surface area contributed by atoms with Crippen LogP contribution in [0, 0.1) is 19.8 Å². The van der Waals surface area contributed by atoms with Gasteiger partial charge in [-0.1, -0.05) is 11.6 Å². The van der Waals surface area contributed by atoms with Gasteiger partial charge in [0, 0.05) is 23.5 Å². The van der Waals surface area contributed by atoms with Gasteiger partial charge < -0.3 is 5.32 Å². The molecule has 1 N–H and O–H groups in total. The number of nitrogens with one attached hydrogen (secondary N) is 1. The molecule has 27 heavy (non-hydrogen) atoms. The van der Waals surface area contributed by atoms with Crippen molar-refractivity contribution in [2.45, 2.75) is 45.4 Å². The molecule has 1 saturated carbocycles. The molecule has 1 aliphatic carbocycles. The number of hydrogen-bond acceptors (Lipinski definition) is 4. The number of carbonyl (C=O) groups excluding carboxylic acids is 1. The highest BCUT2D eigenvalue weighted by Crippen LogP contribution is 2.40. The number of aromatic nitrogens is 1. The van der Waals surface area contributed by atoms with Crippen molar-refractivity contribution in [3.8, 4) is 0 Å². The number of rotatable bonds is 4. The summed E-state index contributed by atoms with van der Waals surface area (Å²) in [6.45, 7) is 4.61. The molecule has 5 nitrogen and oxygen atoms in total. The van der Waals surface area contributed by atoms with Crippen LogP contribution < -0.4 is 5.32 Å². The Kier molecular flexibility index (Phi) is 4.70. The van der Waals surface area contributed by atoms with Gasteiger partial charge in [0.2, 0.25) is 0 Å². The molecule has 2 heterocycles. The zero-order chi connectivity index (χ0) is 19.2. The minimum Gasteiger partial charge on any atom is -0.352 e. The normalized spacial score (nSPS) is 19.9. The maximum atomic E-state index is 13.0. The molecule has 0 atom stereocenters. The fraction of sp³-hybridized carbons (Fsp3) is 0.524. The molecule has 2 aromatic rings. The quantitative estimate of drug-likeness (QED) is 0.875. The van der Waals surface area contributed by atoms with E-state index in [2.05, 4.69) is 11.4 Å². The molecule has 0 radical (unpaired) electrons. The van der Waals surface area contributed by atoms with Gasteiger partial charge in [-0.2, -0.15) is 0 Å². The van der Waals surface area contributed by atoms with Gasteiger partial charge in [0.1, 0.15) is 9.84 Å². The minimum absolute atomic E-state index is 0.0808. The van der Waals surface area contributed by atoms with Gasteiger partial charge in [-0.15, -0.1) is 0 Å². The summed E-state index contributed by atoms with van der Waals surface area (Å²) in [5, 5.41) is 3.96. The minimum atomic E-state index is -2.87. The van der Waals surface area contributed by atoms with Gasteiger partial charge in [0.25, 0.3) is 5.91 Å². The third-order valence-corrected chi connectivity index (χ3v) is 7.45. The van der Waals surface area contributed by atoms with E-state index in [0.717, 1.165) is 40.6 Å². The predicted octanol–water partition coefficient (Wildman–Crippen LogP) is 3.28. The van der Waals surface area contributed by atoms with Gasteiger partial charge in [-0.25, -0.2) is 8.42 Å². The Balaban J connectivity index is 1.59. The molecule has 144 valence electrons. The predicted molar refractivity (Wildman–Crippen MR) is 107 cm³/mol. The summed E-state index contributed by atoms with van der Waals surface area (Å²) in [5.74, 6) is 1.09. The van der Waals surface area contributed by atoms with Gasteiger partial charge in [0.05, 0.1) is 22.6 Å². The average Bonchev–Trinajstić information content (AvgIpc) is 3.45. The lowest BCUT2D eigenvalue weighted by Crippen LogP contribution is -2.34.